The first-order valence-electron chi connectivity index (χ1n) is 9.21. The van der Waals surface area contributed by atoms with E-state index in [1.54, 1.807) is 7.11 Å². The fourth-order valence-corrected chi connectivity index (χ4v) is 4.52. The molecular formula is C21H27N3O. The highest BCUT2D eigenvalue weighted by Crippen LogP contribution is 2.44. The second kappa shape index (κ2) is 6.77. The van der Waals surface area contributed by atoms with E-state index in [9.17, 15) is 0 Å². The Morgan fingerprint density at radius 1 is 1.16 bits per heavy atom. The third-order valence-electron chi connectivity index (χ3n) is 6.08. The van der Waals surface area contributed by atoms with E-state index in [-0.39, 0.29) is 5.54 Å². The molecule has 4 rings (SSSR count). The fraction of sp³-hybridized carbons (Fsp3) is 0.476. The summed E-state index contributed by atoms with van der Waals surface area (Å²) in [6, 6.07) is 10.9. The predicted molar refractivity (Wildman–Crippen MR) is 99.8 cm³/mol. The van der Waals surface area contributed by atoms with Gasteiger partial charge >= 0.3 is 0 Å². The molecule has 1 spiro atoms. The van der Waals surface area contributed by atoms with E-state index in [1.807, 2.05) is 18.5 Å². The zero-order valence-electron chi connectivity index (χ0n) is 15.2. The number of likely N-dealkylation sites (tertiary alicyclic amines) is 1. The van der Waals surface area contributed by atoms with Crippen LogP contribution < -0.4 is 4.74 Å². The number of methoxy groups -OCH3 is 1. The predicted octanol–water partition coefficient (Wildman–Crippen LogP) is 3.07. The van der Waals surface area contributed by atoms with Crippen LogP contribution in [-0.2, 0) is 18.5 Å². The first kappa shape index (κ1) is 16.6. The van der Waals surface area contributed by atoms with Crippen LogP contribution >= 0.6 is 0 Å². The number of pyridine rings is 1. The third-order valence-corrected chi connectivity index (χ3v) is 6.08. The number of aromatic nitrogens is 1. The summed E-state index contributed by atoms with van der Waals surface area (Å²) in [6.45, 7) is 4.38. The third kappa shape index (κ3) is 3.05. The van der Waals surface area contributed by atoms with E-state index in [2.05, 4.69) is 46.1 Å². The van der Waals surface area contributed by atoms with Crippen LogP contribution in [0, 0.1) is 0 Å². The quantitative estimate of drug-likeness (QED) is 0.861. The lowest BCUT2D eigenvalue weighted by atomic mass is 9.74. The Bertz CT molecular complexity index is 723. The van der Waals surface area contributed by atoms with Gasteiger partial charge in [-0.3, -0.25) is 14.8 Å². The van der Waals surface area contributed by atoms with E-state index >= 15 is 0 Å². The van der Waals surface area contributed by atoms with E-state index < -0.39 is 0 Å². The summed E-state index contributed by atoms with van der Waals surface area (Å²) < 4.78 is 5.51. The van der Waals surface area contributed by atoms with Crippen LogP contribution in [0.3, 0.4) is 0 Å². The van der Waals surface area contributed by atoms with Gasteiger partial charge in [-0.1, -0.05) is 12.1 Å². The van der Waals surface area contributed by atoms with Crippen LogP contribution in [0.25, 0.3) is 0 Å². The zero-order chi connectivity index (χ0) is 17.3. The van der Waals surface area contributed by atoms with Crippen molar-refractivity contribution < 1.29 is 4.74 Å². The molecule has 4 nitrogen and oxygen atoms in total. The van der Waals surface area contributed by atoms with E-state index in [4.69, 9.17) is 4.74 Å². The van der Waals surface area contributed by atoms with Gasteiger partial charge in [0.25, 0.3) is 0 Å². The summed E-state index contributed by atoms with van der Waals surface area (Å²) in [5, 5.41) is 0. The Hall–Kier alpha value is -1.91. The van der Waals surface area contributed by atoms with Gasteiger partial charge in [0.2, 0.25) is 0 Å². The lowest BCUT2D eigenvalue weighted by molar-refractivity contribution is 0.0253. The van der Waals surface area contributed by atoms with Crippen molar-refractivity contribution in [3.05, 3.63) is 59.4 Å². The van der Waals surface area contributed by atoms with Gasteiger partial charge in [-0.2, -0.15) is 0 Å². The van der Waals surface area contributed by atoms with Crippen molar-refractivity contribution in [2.24, 2.45) is 0 Å². The zero-order valence-corrected chi connectivity index (χ0v) is 15.2. The maximum atomic E-state index is 5.51. The highest BCUT2D eigenvalue weighted by molar-refractivity contribution is 5.42. The van der Waals surface area contributed by atoms with Gasteiger partial charge in [0.15, 0.2) is 0 Å². The second-order valence-corrected chi connectivity index (χ2v) is 7.36. The van der Waals surface area contributed by atoms with Gasteiger partial charge in [0.05, 0.1) is 7.11 Å². The van der Waals surface area contributed by atoms with Gasteiger partial charge in [-0.25, -0.2) is 0 Å². The molecule has 0 bridgehead atoms. The number of ether oxygens (including phenoxy) is 1. The molecule has 1 fully saturated rings. The Labute approximate surface area is 150 Å². The molecule has 3 heterocycles. The van der Waals surface area contributed by atoms with E-state index in [1.165, 1.54) is 29.5 Å². The number of benzene rings is 1. The molecule has 2 aromatic rings. The van der Waals surface area contributed by atoms with Gasteiger partial charge in [0.1, 0.15) is 5.75 Å². The molecule has 1 saturated heterocycles. The average molecular weight is 337 g/mol. The van der Waals surface area contributed by atoms with Crippen molar-refractivity contribution in [1.29, 1.82) is 0 Å². The molecule has 0 aliphatic carbocycles. The van der Waals surface area contributed by atoms with Gasteiger partial charge in [0, 0.05) is 44.1 Å². The Morgan fingerprint density at radius 3 is 2.72 bits per heavy atom. The van der Waals surface area contributed by atoms with Crippen molar-refractivity contribution in [3.8, 4) is 5.75 Å². The molecule has 2 aliphatic heterocycles. The summed E-state index contributed by atoms with van der Waals surface area (Å²) in [6.07, 6.45) is 7.30. The molecule has 25 heavy (non-hydrogen) atoms. The summed E-state index contributed by atoms with van der Waals surface area (Å²) in [4.78, 5) is 9.39. The number of likely N-dealkylation sites (N-methyl/N-ethyl adjacent to an activating group) is 1. The second-order valence-electron chi connectivity index (χ2n) is 7.36. The molecule has 0 saturated carbocycles. The molecule has 0 unspecified atom stereocenters. The number of nitrogens with zero attached hydrogens (tertiary/aromatic N) is 3. The highest BCUT2D eigenvalue weighted by atomic mass is 16.5. The smallest absolute Gasteiger partial charge is 0.119 e. The van der Waals surface area contributed by atoms with Crippen molar-refractivity contribution >= 4 is 0 Å². The molecule has 0 atom stereocenters. The molecule has 1 aromatic carbocycles. The number of fused-ring (bicyclic) bond motifs is 2. The first-order valence-corrected chi connectivity index (χ1v) is 9.21. The number of hydrogen-bond donors (Lipinski definition) is 0. The molecule has 0 radical (unpaired) electrons. The summed E-state index contributed by atoms with van der Waals surface area (Å²) in [7, 11) is 4.05. The lowest BCUT2D eigenvalue weighted by Crippen LogP contribution is -2.54. The highest BCUT2D eigenvalue weighted by Gasteiger charge is 2.43. The van der Waals surface area contributed by atoms with Crippen LogP contribution in [-0.4, -0.2) is 48.6 Å². The molecule has 2 aliphatic rings. The molecular weight excluding hydrogens is 310 g/mol. The van der Waals surface area contributed by atoms with Crippen LogP contribution in [0.5, 0.6) is 5.75 Å². The van der Waals surface area contributed by atoms with Crippen LogP contribution in [0.15, 0.2) is 42.7 Å². The van der Waals surface area contributed by atoms with Crippen molar-refractivity contribution in [1.82, 2.24) is 14.8 Å². The van der Waals surface area contributed by atoms with Crippen LogP contribution in [0.1, 0.15) is 29.5 Å². The minimum Gasteiger partial charge on any atom is -0.497 e. The van der Waals surface area contributed by atoms with Crippen molar-refractivity contribution in [2.75, 3.05) is 33.8 Å². The molecule has 132 valence electrons. The van der Waals surface area contributed by atoms with Crippen molar-refractivity contribution in [2.45, 2.75) is 31.3 Å². The fourth-order valence-electron chi connectivity index (χ4n) is 4.52. The number of rotatable bonds is 3. The maximum absolute atomic E-state index is 5.51. The van der Waals surface area contributed by atoms with Gasteiger partial charge in [-0.05, 0) is 61.2 Å². The van der Waals surface area contributed by atoms with Crippen molar-refractivity contribution in [3.63, 3.8) is 0 Å². The Morgan fingerprint density at radius 2 is 2.00 bits per heavy atom. The topological polar surface area (TPSA) is 28.6 Å². The number of piperidine rings is 1. The standard InChI is InChI=1S/C21H27N3O/c1-23-11-7-18-5-6-19(25-2)14-20(18)21(23)8-12-24(13-9-21)16-17-4-3-10-22-15-17/h3-6,10,14-15H,7-9,11-13,16H2,1-2H3. The van der Waals surface area contributed by atoms with Gasteiger partial charge < -0.3 is 4.74 Å². The molecule has 0 amide bonds. The first-order chi connectivity index (χ1) is 12.2. The maximum Gasteiger partial charge on any atom is 0.119 e. The van der Waals surface area contributed by atoms with Crippen LogP contribution in [0.4, 0.5) is 0 Å². The summed E-state index contributed by atoms with van der Waals surface area (Å²) in [5.41, 5.74) is 4.45. The average Bonchev–Trinajstić information content (AvgIpc) is 2.67. The molecule has 1 aromatic heterocycles. The van der Waals surface area contributed by atoms with Crippen LogP contribution in [0.2, 0.25) is 0 Å². The number of hydrogen-bond acceptors (Lipinski definition) is 4. The summed E-state index contributed by atoms with van der Waals surface area (Å²) in [5.74, 6) is 0.978. The minimum atomic E-state index is 0.160. The van der Waals surface area contributed by atoms with Gasteiger partial charge in [-0.15, -0.1) is 0 Å². The Kier molecular flexibility index (Phi) is 4.48. The summed E-state index contributed by atoms with van der Waals surface area (Å²) >= 11 is 0. The minimum absolute atomic E-state index is 0.160. The SMILES string of the molecule is COc1ccc2c(c1)C1(CCN(Cc3cccnc3)CC1)N(C)CC2. The van der Waals surface area contributed by atoms with E-state index in [0.717, 1.165) is 38.3 Å². The molecule has 0 N–H and O–H groups in total. The Balaban J connectivity index is 1.55. The molecule has 4 heteroatoms. The normalized spacial score (nSPS) is 20.4. The van der Waals surface area contributed by atoms with E-state index in [0.29, 0.717) is 0 Å². The monoisotopic (exact) mass is 337 g/mol. The lowest BCUT2D eigenvalue weighted by Gasteiger charge is -2.51. The largest absolute Gasteiger partial charge is 0.497 e.